The first-order valence-electron chi connectivity index (χ1n) is 12.3. The normalized spacial score (nSPS) is 28.6. The van der Waals surface area contributed by atoms with Crippen molar-refractivity contribution >= 4 is 32.6 Å². The largest absolute Gasteiger partial charge is 0.414 e. The van der Waals surface area contributed by atoms with E-state index in [-0.39, 0.29) is 28.2 Å². The first kappa shape index (κ1) is 30.0. The fraction of sp³-hybridized carbons (Fsp3) is 0.739. The van der Waals surface area contributed by atoms with Crippen LogP contribution < -0.4 is 17.2 Å². The van der Waals surface area contributed by atoms with E-state index in [4.69, 9.17) is 29.2 Å². The van der Waals surface area contributed by atoms with Gasteiger partial charge in [0.15, 0.2) is 28.5 Å². The summed E-state index contributed by atoms with van der Waals surface area (Å²) in [6.07, 6.45) is -1.72. The van der Waals surface area contributed by atoms with E-state index in [0.717, 1.165) is 5.41 Å². The van der Waals surface area contributed by atoms with E-state index in [9.17, 15) is 13.2 Å². The summed E-state index contributed by atoms with van der Waals surface area (Å²) in [4.78, 5) is 16.8. The molecule has 0 amide bonds. The van der Waals surface area contributed by atoms with Crippen molar-refractivity contribution in [2.75, 3.05) is 12.3 Å². The number of aromatic nitrogens is 2. The Kier molecular flexibility index (Phi) is 7.52. The molecular formula is C23H42N4O7SSi2. The van der Waals surface area contributed by atoms with E-state index in [0.29, 0.717) is 0 Å². The zero-order valence-electron chi connectivity index (χ0n) is 23.5. The summed E-state index contributed by atoms with van der Waals surface area (Å²) in [6.45, 7) is 20.6. The molecule has 37 heavy (non-hydrogen) atoms. The highest BCUT2D eigenvalue weighted by Crippen LogP contribution is 2.52. The van der Waals surface area contributed by atoms with Gasteiger partial charge in [0.25, 0.3) is 10.1 Å². The van der Waals surface area contributed by atoms with Crippen LogP contribution in [0.5, 0.6) is 0 Å². The van der Waals surface area contributed by atoms with Gasteiger partial charge < -0.3 is 25.1 Å². The summed E-state index contributed by atoms with van der Waals surface area (Å²) in [7, 11) is -9.03. The van der Waals surface area contributed by atoms with Gasteiger partial charge in [0.05, 0.1) is 17.7 Å². The summed E-state index contributed by atoms with van der Waals surface area (Å²) < 4.78 is 52.2. The number of anilines is 1. The first-order chi connectivity index (χ1) is 16.5. The van der Waals surface area contributed by atoms with Gasteiger partial charge in [-0.25, -0.2) is 8.98 Å². The maximum absolute atomic E-state index is 12.9. The molecule has 3 rings (SSSR count). The Labute approximate surface area is 221 Å². The zero-order chi connectivity index (χ0) is 28.4. The predicted molar refractivity (Wildman–Crippen MR) is 147 cm³/mol. The highest BCUT2D eigenvalue weighted by Gasteiger charge is 2.67. The van der Waals surface area contributed by atoms with Crippen LogP contribution in [0.15, 0.2) is 28.2 Å². The molecule has 4 unspecified atom stereocenters. The van der Waals surface area contributed by atoms with Crippen LogP contribution in [-0.4, -0.2) is 59.0 Å². The molecule has 0 aliphatic carbocycles. The van der Waals surface area contributed by atoms with Gasteiger partial charge in [-0.05, 0) is 42.3 Å². The molecular weight excluding hydrogens is 533 g/mol. The minimum Gasteiger partial charge on any atom is -0.414 e. The van der Waals surface area contributed by atoms with Crippen molar-refractivity contribution in [3.05, 3.63) is 33.9 Å². The van der Waals surface area contributed by atoms with E-state index in [1.807, 2.05) is 13.1 Å². The Bertz CT molecular complexity index is 1230. The lowest BCUT2D eigenvalue weighted by molar-refractivity contribution is -0.0562. The van der Waals surface area contributed by atoms with E-state index < -0.39 is 56.5 Å². The lowest BCUT2D eigenvalue weighted by atomic mass is 9.89. The molecule has 0 radical (unpaired) electrons. The molecule has 3 heterocycles. The molecule has 0 bridgehead atoms. The standard InChI is InChI=1S/C23H42N4O7SSi2/c1-21(2,3)36(7,8)31-13-16-23(15(24)14-35(29,30)34-23)18(33-37(9,10)22(4,5)6)19(32-16)27-12-11-17(25)26-20(27)28/h11-12,14,16,18-19H,13,24H2,1-10H3,(H2,25,26,28). The van der Waals surface area contributed by atoms with E-state index in [1.165, 1.54) is 16.8 Å². The van der Waals surface area contributed by atoms with Crippen LogP contribution in [-0.2, 0) is 27.9 Å². The Hall–Kier alpha value is -1.56. The third-order valence-electron chi connectivity index (χ3n) is 8.20. The molecule has 0 aromatic carbocycles. The molecule has 1 aromatic heterocycles. The molecule has 1 saturated heterocycles. The molecule has 14 heteroatoms. The third kappa shape index (κ3) is 5.47. The molecule has 2 aliphatic heterocycles. The van der Waals surface area contributed by atoms with Gasteiger partial charge in [0, 0.05) is 6.20 Å². The number of nitrogens with two attached hydrogens (primary N) is 2. The molecule has 4 N–H and O–H groups in total. The van der Waals surface area contributed by atoms with Crippen molar-refractivity contribution in [2.45, 2.75) is 102 Å². The summed E-state index contributed by atoms with van der Waals surface area (Å²) in [5, 5.41) is 0.524. The third-order valence-corrected chi connectivity index (χ3v) is 18.2. The van der Waals surface area contributed by atoms with Gasteiger partial charge in [-0.1, -0.05) is 41.5 Å². The Morgan fingerprint density at radius 3 is 2.11 bits per heavy atom. The lowest BCUT2D eigenvalue weighted by Gasteiger charge is -2.43. The fourth-order valence-corrected chi connectivity index (χ4v) is 7.34. The van der Waals surface area contributed by atoms with Crippen LogP contribution in [0.4, 0.5) is 5.82 Å². The minimum atomic E-state index is -4.15. The average molecular weight is 575 g/mol. The number of ether oxygens (including phenoxy) is 1. The zero-order valence-corrected chi connectivity index (χ0v) is 26.3. The van der Waals surface area contributed by atoms with Crippen molar-refractivity contribution in [3.8, 4) is 0 Å². The van der Waals surface area contributed by atoms with Gasteiger partial charge in [0.2, 0.25) is 0 Å². The number of hydrogen-bond donors (Lipinski definition) is 2. The van der Waals surface area contributed by atoms with Crippen LogP contribution in [0.25, 0.3) is 0 Å². The lowest BCUT2D eigenvalue weighted by Crippen LogP contribution is -2.59. The minimum absolute atomic E-state index is 0.00837. The van der Waals surface area contributed by atoms with Crippen molar-refractivity contribution in [3.63, 3.8) is 0 Å². The SMILES string of the molecule is CC(C)(C)[Si](C)(C)OCC1OC(n2ccc(N)nc2=O)C(O[Si](C)(C)C(C)(C)C)C12OS(=O)(=O)C=C2N. The molecule has 4 atom stereocenters. The van der Waals surface area contributed by atoms with Crippen molar-refractivity contribution < 1.29 is 26.2 Å². The van der Waals surface area contributed by atoms with Gasteiger partial charge in [-0.3, -0.25) is 4.57 Å². The van der Waals surface area contributed by atoms with Crippen LogP contribution in [0.1, 0.15) is 47.8 Å². The van der Waals surface area contributed by atoms with Crippen molar-refractivity contribution in [1.29, 1.82) is 0 Å². The van der Waals surface area contributed by atoms with Crippen molar-refractivity contribution in [1.82, 2.24) is 9.55 Å². The predicted octanol–water partition coefficient (Wildman–Crippen LogP) is 3.03. The van der Waals surface area contributed by atoms with Crippen molar-refractivity contribution in [2.24, 2.45) is 5.73 Å². The summed E-state index contributed by atoms with van der Waals surface area (Å²) >= 11 is 0. The molecule has 2 aliphatic rings. The second-order valence-electron chi connectivity index (χ2n) is 12.9. The Balaban J connectivity index is 2.20. The van der Waals surface area contributed by atoms with Crippen LogP contribution >= 0.6 is 0 Å². The van der Waals surface area contributed by atoms with Gasteiger partial charge in [0.1, 0.15) is 18.0 Å². The summed E-state index contributed by atoms with van der Waals surface area (Å²) in [5.41, 5.74) is 9.69. The highest BCUT2D eigenvalue weighted by atomic mass is 32.2. The van der Waals surface area contributed by atoms with Gasteiger partial charge in [-0.2, -0.15) is 13.4 Å². The maximum atomic E-state index is 12.9. The topological polar surface area (TPSA) is 158 Å². The Morgan fingerprint density at radius 2 is 1.65 bits per heavy atom. The van der Waals surface area contributed by atoms with Gasteiger partial charge >= 0.3 is 5.69 Å². The molecule has 1 spiro atoms. The summed E-state index contributed by atoms with van der Waals surface area (Å²) in [6, 6.07) is 1.46. The highest BCUT2D eigenvalue weighted by molar-refractivity contribution is 7.90. The number of nitrogens with zero attached hydrogens (tertiary/aromatic N) is 2. The van der Waals surface area contributed by atoms with E-state index >= 15 is 0 Å². The van der Waals surface area contributed by atoms with Gasteiger partial charge in [-0.15, -0.1) is 0 Å². The molecule has 1 aromatic rings. The molecule has 0 saturated carbocycles. The first-order valence-corrected chi connectivity index (χ1v) is 19.6. The number of hydrogen-bond acceptors (Lipinski definition) is 10. The molecule has 1 fully saturated rings. The van der Waals surface area contributed by atoms with Crippen LogP contribution in [0.2, 0.25) is 36.3 Å². The fourth-order valence-electron chi connectivity index (χ4n) is 3.83. The van der Waals surface area contributed by atoms with Crippen LogP contribution in [0.3, 0.4) is 0 Å². The quantitative estimate of drug-likeness (QED) is 0.382. The maximum Gasteiger partial charge on any atom is 0.351 e. The van der Waals surface area contributed by atoms with E-state index in [1.54, 1.807) is 0 Å². The molecule has 11 nitrogen and oxygen atoms in total. The monoisotopic (exact) mass is 574 g/mol. The Morgan fingerprint density at radius 1 is 1.08 bits per heavy atom. The van der Waals surface area contributed by atoms with Crippen LogP contribution in [0, 0.1) is 0 Å². The number of nitrogen functional groups attached to an aromatic ring is 1. The second-order valence-corrected chi connectivity index (χ2v) is 23.8. The average Bonchev–Trinajstić information content (AvgIpc) is 3.11. The number of rotatable bonds is 6. The second kappa shape index (κ2) is 9.28. The smallest absolute Gasteiger partial charge is 0.351 e. The molecule has 210 valence electrons. The van der Waals surface area contributed by atoms with E-state index in [2.05, 4.69) is 59.6 Å². The summed E-state index contributed by atoms with van der Waals surface area (Å²) in [5.74, 6) is 0.0488.